The Bertz CT molecular complexity index is 304. The molecule has 0 aliphatic carbocycles. The van der Waals surface area contributed by atoms with Crippen LogP contribution in [0.15, 0.2) is 24.3 Å². The molecule has 0 bridgehead atoms. The second-order valence-electron chi connectivity index (χ2n) is 4.59. The summed E-state index contributed by atoms with van der Waals surface area (Å²) in [5.74, 6) is -0.0766. The molecule has 0 radical (unpaired) electrons. The highest BCUT2D eigenvalue weighted by Crippen LogP contribution is 2.12. The molecule has 0 aliphatic heterocycles. The summed E-state index contributed by atoms with van der Waals surface area (Å²) in [6.45, 7) is 5.37. The Hall–Kier alpha value is -0.890. The molecule has 1 aromatic carbocycles. The maximum Gasteiger partial charge on any atom is 0.126 e. The first-order chi connectivity index (χ1) is 8.27. The normalized spacial score (nSPS) is 12.6. The Morgan fingerprint density at radius 2 is 1.94 bits per heavy atom. The first kappa shape index (κ1) is 14.2. The van der Waals surface area contributed by atoms with Crippen molar-refractivity contribution in [3.8, 4) is 0 Å². The zero-order chi connectivity index (χ0) is 12.5. The Balaban J connectivity index is 2.55. The van der Waals surface area contributed by atoms with Gasteiger partial charge in [-0.25, -0.2) is 4.39 Å². The van der Waals surface area contributed by atoms with Crippen molar-refractivity contribution in [3.05, 3.63) is 35.6 Å². The molecule has 1 N–H and O–H groups in total. The summed E-state index contributed by atoms with van der Waals surface area (Å²) in [6, 6.07) is 7.51. The second-order valence-corrected chi connectivity index (χ2v) is 4.59. The van der Waals surface area contributed by atoms with E-state index in [9.17, 15) is 4.39 Å². The van der Waals surface area contributed by atoms with Gasteiger partial charge in [-0.3, -0.25) is 0 Å². The van der Waals surface area contributed by atoms with Crippen LogP contribution in [0.25, 0.3) is 0 Å². The van der Waals surface area contributed by atoms with Crippen LogP contribution in [0, 0.1) is 5.82 Å². The summed E-state index contributed by atoms with van der Waals surface area (Å²) in [7, 11) is 0. The molecule has 0 heterocycles. The average molecular weight is 237 g/mol. The first-order valence-electron chi connectivity index (χ1n) is 6.74. The van der Waals surface area contributed by atoms with Gasteiger partial charge in [0.05, 0.1) is 0 Å². The van der Waals surface area contributed by atoms with Crippen molar-refractivity contribution in [1.82, 2.24) is 5.32 Å². The van der Waals surface area contributed by atoms with Crippen molar-refractivity contribution in [2.24, 2.45) is 0 Å². The number of benzene rings is 1. The molecule has 96 valence electrons. The van der Waals surface area contributed by atoms with E-state index in [1.165, 1.54) is 12.8 Å². The molecule has 0 spiro atoms. The summed E-state index contributed by atoms with van der Waals surface area (Å²) in [5.41, 5.74) is 0.831. The Morgan fingerprint density at radius 3 is 2.59 bits per heavy atom. The zero-order valence-corrected chi connectivity index (χ0v) is 11.0. The maximum atomic E-state index is 13.6. The second kappa shape index (κ2) is 8.24. The van der Waals surface area contributed by atoms with Gasteiger partial charge in [0.2, 0.25) is 0 Å². The van der Waals surface area contributed by atoms with Gasteiger partial charge in [-0.1, -0.05) is 44.9 Å². The Labute approximate surface area is 104 Å². The summed E-state index contributed by atoms with van der Waals surface area (Å²) in [4.78, 5) is 0. The van der Waals surface area contributed by atoms with Gasteiger partial charge in [0.1, 0.15) is 5.82 Å². The molecule has 0 aliphatic rings. The van der Waals surface area contributed by atoms with Gasteiger partial charge in [-0.2, -0.15) is 0 Å². The van der Waals surface area contributed by atoms with Crippen LogP contribution in [-0.2, 0) is 6.42 Å². The quantitative estimate of drug-likeness (QED) is 0.722. The van der Waals surface area contributed by atoms with E-state index in [1.807, 2.05) is 12.1 Å². The lowest BCUT2D eigenvalue weighted by Crippen LogP contribution is -2.32. The standard InChI is InChI=1S/C15H24FN/c1-3-5-9-14(17-11-4-2)12-13-8-6-7-10-15(13)16/h6-8,10,14,17H,3-5,9,11-12H2,1-2H3. The molecule has 2 heteroatoms. The number of hydrogen-bond donors (Lipinski definition) is 1. The van der Waals surface area contributed by atoms with Gasteiger partial charge in [0.15, 0.2) is 0 Å². The van der Waals surface area contributed by atoms with E-state index in [1.54, 1.807) is 12.1 Å². The van der Waals surface area contributed by atoms with E-state index < -0.39 is 0 Å². The SMILES string of the molecule is CCCCC(Cc1ccccc1F)NCCC. The number of rotatable bonds is 8. The summed E-state index contributed by atoms with van der Waals surface area (Å²) in [5, 5.41) is 3.51. The number of nitrogens with one attached hydrogen (secondary N) is 1. The summed E-state index contributed by atoms with van der Waals surface area (Å²) >= 11 is 0. The number of hydrogen-bond acceptors (Lipinski definition) is 1. The first-order valence-corrected chi connectivity index (χ1v) is 6.74. The van der Waals surface area contributed by atoms with Gasteiger partial charge in [-0.15, -0.1) is 0 Å². The van der Waals surface area contributed by atoms with Crippen LogP contribution < -0.4 is 5.32 Å². The van der Waals surface area contributed by atoms with E-state index in [-0.39, 0.29) is 5.82 Å². The predicted molar refractivity (Wildman–Crippen MR) is 71.7 cm³/mol. The van der Waals surface area contributed by atoms with Crippen molar-refractivity contribution in [1.29, 1.82) is 0 Å². The molecule has 17 heavy (non-hydrogen) atoms. The summed E-state index contributed by atoms with van der Waals surface area (Å²) in [6.07, 6.45) is 5.45. The lowest BCUT2D eigenvalue weighted by molar-refractivity contribution is 0.454. The Morgan fingerprint density at radius 1 is 1.18 bits per heavy atom. The van der Waals surface area contributed by atoms with Gasteiger partial charge >= 0.3 is 0 Å². The molecular formula is C15H24FN. The van der Waals surface area contributed by atoms with Gasteiger partial charge in [0, 0.05) is 6.04 Å². The van der Waals surface area contributed by atoms with Crippen LogP contribution in [0.2, 0.25) is 0 Å². The molecule has 1 atom stereocenters. The third-order valence-corrected chi connectivity index (χ3v) is 3.01. The van der Waals surface area contributed by atoms with E-state index in [2.05, 4.69) is 19.2 Å². The fourth-order valence-electron chi connectivity index (χ4n) is 2.00. The lowest BCUT2D eigenvalue weighted by Gasteiger charge is -2.18. The van der Waals surface area contributed by atoms with Gasteiger partial charge in [-0.05, 0) is 37.4 Å². The highest BCUT2D eigenvalue weighted by molar-refractivity contribution is 5.18. The van der Waals surface area contributed by atoms with Crippen molar-refractivity contribution in [2.75, 3.05) is 6.54 Å². The zero-order valence-electron chi connectivity index (χ0n) is 11.0. The molecule has 0 saturated carbocycles. The topological polar surface area (TPSA) is 12.0 Å². The molecule has 0 aromatic heterocycles. The minimum Gasteiger partial charge on any atom is -0.314 e. The van der Waals surface area contributed by atoms with Gasteiger partial charge in [0.25, 0.3) is 0 Å². The molecule has 1 aromatic rings. The largest absolute Gasteiger partial charge is 0.314 e. The van der Waals surface area contributed by atoms with Crippen molar-refractivity contribution in [2.45, 2.75) is 52.0 Å². The van der Waals surface area contributed by atoms with Gasteiger partial charge < -0.3 is 5.32 Å². The number of halogens is 1. The number of unbranched alkanes of at least 4 members (excludes halogenated alkanes) is 1. The average Bonchev–Trinajstić information content (AvgIpc) is 2.35. The molecular weight excluding hydrogens is 213 g/mol. The van der Waals surface area contributed by atoms with Crippen molar-refractivity contribution < 1.29 is 4.39 Å². The van der Waals surface area contributed by atoms with Crippen molar-refractivity contribution >= 4 is 0 Å². The molecule has 0 amide bonds. The molecule has 1 nitrogen and oxygen atoms in total. The van der Waals surface area contributed by atoms with Crippen LogP contribution >= 0.6 is 0 Å². The van der Waals surface area contributed by atoms with Crippen LogP contribution in [-0.4, -0.2) is 12.6 Å². The molecule has 0 fully saturated rings. The fourth-order valence-corrected chi connectivity index (χ4v) is 2.00. The van der Waals surface area contributed by atoms with Crippen LogP contribution in [0.4, 0.5) is 4.39 Å². The van der Waals surface area contributed by atoms with E-state index in [0.29, 0.717) is 6.04 Å². The Kier molecular flexibility index (Phi) is 6.87. The smallest absolute Gasteiger partial charge is 0.126 e. The van der Waals surface area contributed by atoms with Crippen LogP contribution in [0.3, 0.4) is 0 Å². The van der Waals surface area contributed by atoms with E-state index in [4.69, 9.17) is 0 Å². The third kappa shape index (κ3) is 5.31. The van der Waals surface area contributed by atoms with Crippen molar-refractivity contribution in [3.63, 3.8) is 0 Å². The molecule has 1 rings (SSSR count). The van der Waals surface area contributed by atoms with Crippen LogP contribution in [0.5, 0.6) is 0 Å². The summed E-state index contributed by atoms with van der Waals surface area (Å²) < 4.78 is 13.6. The lowest BCUT2D eigenvalue weighted by atomic mass is 10.0. The minimum atomic E-state index is -0.0766. The van der Waals surface area contributed by atoms with E-state index in [0.717, 1.165) is 31.4 Å². The predicted octanol–water partition coefficient (Wildman–Crippen LogP) is 3.93. The maximum absolute atomic E-state index is 13.6. The highest BCUT2D eigenvalue weighted by atomic mass is 19.1. The monoisotopic (exact) mass is 237 g/mol. The van der Waals surface area contributed by atoms with Crippen LogP contribution in [0.1, 0.15) is 45.1 Å². The fraction of sp³-hybridized carbons (Fsp3) is 0.600. The minimum absolute atomic E-state index is 0.0766. The molecule has 1 unspecified atom stereocenters. The third-order valence-electron chi connectivity index (χ3n) is 3.01. The molecule has 0 saturated heterocycles. The van der Waals surface area contributed by atoms with E-state index >= 15 is 0 Å². The highest BCUT2D eigenvalue weighted by Gasteiger charge is 2.10.